The molecule has 2 aromatic carbocycles. The summed E-state index contributed by atoms with van der Waals surface area (Å²) in [7, 11) is 0. The Bertz CT molecular complexity index is 1170. The molecule has 146 valence electrons. The van der Waals surface area contributed by atoms with Gasteiger partial charge in [-0.1, -0.05) is 6.07 Å². The van der Waals surface area contributed by atoms with Gasteiger partial charge in [0.2, 0.25) is 12.7 Å². The lowest BCUT2D eigenvalue weighted by molar-refractivity contribution is 0.102. The van der Waals surface area contributed by atoms with Gasteiger partial charge in [-0.05, 0) is 42.5 Å². The predicted molar refractivity (Wildman–Crippen MR) is 110 cm³/mol. The van der Waals surface area contributed by atoms with Gasteiger partial charge in [0.05, 0.1) is 11.9 Å². The quantitative estimate of drug-likeness (QED) is 0.507. The number of aromatic nitrogens is 2. The maximum absolute atomic E-state index is 12.4. The predicted octanol–water partition coefficient (Wildman–Crippen LogP) is 4.76. The number of rotatable bonds is 4. The summed E-state index contributed by atoms with van der Waals surface area (Å²) in [6, 6.07) is 16.2. The zero-order valence-electron chi connectivity index (χ0n) is 15.0. The average molecular weight is 410 g/mol. The highest BCUT2D eigenvalue weighted by Gasteiger charge is 2.16. The Morgan fingerprint density at radius 2 is 1.97 bits per heavy atom. The van der Waals surface area contributed by atoms with E-state index in [4.69, 9.17) is 14.2 Å². The van der Waals surface area contributed by atoms with E-state index in [1.807, 2.05) is 30.5 Å². The van der Waals surface area contributed by atoms with Gasteiger partial charge in [-0.25, -0.2) is 4.98 Å². The number of H-pyrrole nitrogens is 1. The number of carbonyl (C=O) groups excluding carboxylic acids is 1. The number of amides is 1. The van der Waals surface area contributed by atoms with Crippen LogP contribution in [0.3, 0.4) is 0 Å². The molecule has 0 aliphatic carbocycles. The summed E-state index contributed by atoms with van der Waals surface area (Å²) in [5, 5.41) is 3.78. The van der Waals surface area contributed by atoms with E-state index in [-0.39, 0.29) is 25.1 Å². The molecule has 0 radical (unpaired) electrons. The van der Waals surface area contributed by atoms with E-state index in [9.17, 15) is 4.79 Å². The van der Waals surface area contributed by atoms with Crippen LogP contribution in [-0.2, 0) is 0 Å². The van der Waals surface area contributed by atoms with Crippen LogP contribution in [0.15, 0.2) is 67.0 Å². The number of hydrogen-bond acceptors (Lipinski definition) is 5. The molecule has 1 aliphatic rings. The molecule has 1 amide bonds. The lowest BCUT2D eigenvalue weighted by Crippen LogP contribution is -2.11. The Balaban J connectivity index is 0.00000205. The van der Waals surface area contributed by atoms with Gasteiger partial charge in [0.1, 0.15) is 5.75 Å². The molecule has 1 aliphatic heterocycles. The van der Waals surface area contributed by atoms with Gasteiger partial charge in [0, 0.05) is 28.7 Å². The maximum Gasteiger partial charge on any atom is 0.255 e. The van der Waals surface area contributed by atoms with Crippen LogP contribution in [0.25, 0.3) is 10.9 Å². The molecule has 0 spiro atoms. The van der Waals surface area contributed by atoms with Crippen molar-refractivity contribution in [2.45, 2.75) is 0 Å². The van der Waals surface area contributed by atoms with E-state index in [1.165, 1.54) is 0 Å². The van der Waals surface area contributed by atoms with Gasteiger partial charge in [0.15, 0.2) is 11.5 Å². The molecule has 0 saturated carbocycles. The molecule has 7 nitrogen and oxygen atoms in total. The largest absolute Gasteiger partial charge is 0.454 e. The lowest BCUT2D eigenvalue weighted by atomic mass is 10.2. The monoisotopic (exact) mass is 409 g/mol. The summed E-state index contributed by atoms with van der Waals surface area (Å²) < 4.78 is 16.4. The minimum atomic E-state index is -0.258. The van der Waals surface area contributed by atoms with Crippen molar-refractivity contribution >= 4 is 34.9 Å². The zero-order chi connectivity index (χ0) is 18.9. The highest BCUT2D eigenvalue weighted by molar-refractivity contribution is 6.04. The Kier molecular flexibility index (Phi) is 4.97. The van der Waals surface area contributed by atoms with Gasteiger partial charge in [-0.2, -0.15) is 0 Å². The van der Waals surface area contributed by atoms with Crippen LogP contribution in [0.1, 0.15) is 10.4 Å². The normalized spacial score (nSPS) is 11.7. The van der Waals surface area contributed by atoms with Crippen molar-refractivity contribution in [1.82, 2.24) is 9.97 Å². The standard InChI is InChI=1S/C21H15N3O4.ClH/c25-21(13-4-6-18-19(10-13)27-12-26-18)24-14-5-7-20(23-11-14)28-17-3-1-2-16-15(17)8-9-22-16;/h1-11,22H,12H2,(H,24,25);1H. The molecule has 0 bridgehead atoms. The number of carbonyl (C=O) groups is 1. The number of halogens is 1. The molecule has 8 heteroatoms. The number of benzene rings is 2. The van der Waals surface area contributed by atoms with Crippen molar-refractivity contribution in [3.8, 4) is 23.1 Å². The van der Waals surface area contributed by atoms with E-state index < -0.39 is 0 Å². The van der Waals surface area contributed by atoms with Crippen LogP contribution in [-0.4, -0.2) is 22.7 Å². The number of fused-ring (bicyclic) bond motifs is 2. The van der Waals surface area contributed by atoms with Gasteiger partial charge in [-0.3, -0.25) is 4.79 Å². The molecule has 29 heavy (non-hydrogen) atoms. The highest BCUT2D eigenvalue weighted by Crippen LogP contribution is 2.33. The highest BCUT2D eigenvalue weighted by atomic mass is 35.5. The van der Waals surface area contributed by atoms with E-state index in [0.29, 0.717) is 34.4 Å². The second kappa shape index (κ2) is 7.73. The first-order valence-electron chi connectivity index (χ1n) is 8.67. The van der Waals surface area contributed by atoms with Crippen molar-refractivity contribution in [1.29, 1.82) is 0 Å². The van der Waals surface area contributed by atoms with Gasteiger partial charge in [-0.15, -0.1) is 12.4 Å². The Hall–Kier alpha value is -3.71. The third-order valence-corrected chi connectivity index (χ3v) is 4.40. The summed E-state index contributed by atoms with van der Waals surface area (Å²) in [5.41, 5.74) is 2.03. The first kappa shape index (κ1) is 18.6. The summed E-state index contributed by atoms with van der Waals surface area (Å²) >= 11 is 0. The van der Waals surface area contributed by atoms with Crippen LogP contribution < -0.4 is 19.5 Å². The van der Waals surface area contributed by atoms with Gasteiger partial charge < -0.3 is 24.5 Å². The number of anilines is 1. The fourth-order valence-corrected chi connectivity index (χ4v) is 3.01. The molecule has 0 atom stereocenters. The summed E-state index contributed by atoms with van der Waals surface area (Å²) in [6.07, 6.45) is 3.41. The zero-order valence-corrected chi connectivity index (χ0v) is 15.9. The third-order valence-electron chi connectivity index (χ3n) is 4.40. The molecule has 0 fully saturated rings. The number of nitrogens with one attached hydrogen (secondary N) is 2. The van der Waals surface area contributed by atoms with Crippen molar-refractivity contribution in [3.63, 3.8) is 0 Å². The smallest absolute Gasteiger partial charge is 0.255 e. The number of nitrogens with zero attached hydrogens (tertiary/aromatic N) is 1. The average Bonchev–Trinajstić information content (AvgIpc) is 3.38. The second-order valence-corrected chi connectivity index (χ2v) is 6.20. The van der Waals surface area contributed by atoms with Crippen LogP contribution in [0.4, 0.5) is 5.69 Å². The Morgan fingerprint density at radius 1 is 1.07 bits per heavy atom. The van der Waals surface area contributed by atoms with E-state index in [0.717, 1.165) is 10.9 Å². The van der Waals surface area contributed by atoms with Crippen LogP contribution in [0.5, 0.6) is 23.1 Å². The van der Waals surface area contributed by atoms with Gasteiger partial charge in [0.25, 0.3) is 5.91 Å². The molecule has 3 heterocycles. The van der Waals surface area contributed by atoms with E-state index >= 15 is 0 Å². The fraction of sp³-hybridized carbons (Fsp3) is 0.0476. The molecule has 5 rings (SSSR count). The lowest BCUT2D eigenvalue weighted by Gasteiger charge is -2.08. The third kappa shape index (κ3) is 3.68. The molecule has 2 aromatic heterocycles. The molecular formula is C21H16ClN3O4. The topological polar surface area (TPSA) is 85.5 Å². The van der Waals surface area contributed by atoms with Crippen LogP contribution in [0, 0.1) is 0 Å². The minimum absolute atomic E-state index is 0. The molecular weight excluding hydrogens is 394 g/mol. The number of hydrogen-bond donors (Lipinski definition) is 2. The first-order chi connectivity index (χ1) is 13.8. The Morgan fingerprint density at radius 3 is 2.83 bits per heavy atom. The Labute approximate surface area is 172 Å². The summed E-state index contributed by atoms with van der Waals surface area (Å²) in [5.74, 6) is 2.09. The molecule has 2 N–H and O–H groups in total. The van der Waals surface area contributed by atoms with E-state index in [1.54, 1.807) is 36.5 Å². The van der Waals surface area contributed by atoms with Gasteiger partial charge >= 0.3 is 0 Å². The fourth-order valence-electron chi connectivity index (χ4n) is 3.01. The van der Waals surface area contributed by atoms with Crippen molar-refractivity contribution in [3.05, 3.63) is 72.6 Å². The van der Waals surface area contributed by atoms with Crippen LogP contribution >= 0.6 is 12.4 Å². The molecule has 0 unspecified atom stereocenters. The SMILES string of the molecule is Cl.O=C(Nc1ccc(Oc2cccc3[nH]ccc23)nc1)c1ccc2c(c1)OCO2. The molecule has 4 aromatic rings. The summed E-state index contributed by atoms with van der Waals surface area (Å²) in [6.45, 7) is 0.169. The maximum atomic E-state index is 12.4. The minimum Gasteiger partial charge on any atom is -0.454 e. The number of aromatic amines is 1. The number of pyridine rings is 1. The van der Waals surface area contributed by atoms with Crippen molar-refractivity contribution in [2.75, 3.05) is 12.1 Å². The van der Waals surface area contributed by atoms with Crippen molar-refractivity contribution < 1.29 is 19.0 Å². The summed E-state index contributed by atoms with van der Waals surface area (Å²) in [4.78, 5) is 19.9. The van der Waals surface area contributed by atoms with Crippen molar-refractivity contribution in [2.24, 2.45) is 0 Å². The second-order valence-electron chi connectivity index (χ2n) is 6.20. The number of ether oxygens (including phenoxy) is 3. The van der Waals surface area contributed by atoms with E-state index in [2.05, 4.69) is 15.3 Å². The van der Waals surface area contributed by atoms with Crippen LogP contribution in [0.2, 0.25) is 0 Å². The first-order valence-corrected chi connectivity index (χ1v) is 8.67. The molecule has 0 saturated heterocycles.